The van der Waals surface area contributed by atoms with Crippen molar-refractivity contribution >= 4 is 11.6 Å². The minimum absolute atomic E-state index is 0.0293. The molecule has 0 aromatic heterocycles. The van der Waals surface area contributed by atoms with E-state index in [0.717, 1.165) is 22.9 Å². The monoisotopic (exact) mass is 246 g/mol. The van der Waals surface area contributed by atoms with E-state index >= 15 is 0 Å². The number of anilines is 1. The Hall–Kier alpha value is -1.55. The predicted octanol–water partition coefficient (Wildman–Crippen LogP) is 2.06. The molecular formula is C14H18N2O2. The molecular weight excluding hydrogens is 228 g/mol. The second-order valence-corrected chi connectivity index (χ2v) is 5.31. The fourth-order valence-corrected chi connectivity index (χ4v) is 2.53. The lowest BCUT2D eigenvalue weighted by Gasteiger charge is -2.23. The molecule has 0 bridgehead atoms. The summed E-state index contributed by atoms with van der Waals surface area (Å²) >= 11 is 0. The first kappa shape index (κ1) is 11.5. The van der Waals surface area contributed by atoms with Crippen LogP contribution in [0.5, 0.6) is 5.75 Å². The summed E-state index contributed by atoms with van der Waals surface area (Å²) in [6, 6.07) is 5.86. The van der Waals surface area contributed by atoms with Gasteiger partial charge in [-0.3, -0.25) is 4.79 Å². The number of benzene rings is 1. The molecule has 1 aromatic carbocycles. The fourth-order valence-electron chi connectivity index (χ4n) is 2.53. The van der Waals surface area contributed by atoms with Gasteiger partial charge in [-0.15, -0.1) is 0 Å². The van der Waals surface area contributed by atoms with Crippen molar-refractivity contribution in [2.45, 2.75) is 25.8 Å². The summed E-state index contributed by atoms with van der Waals surface area (Å²) in [5.74, 6) is 1.87. The maximum atomic E-state index is 11.3. The van der Waals surface area contributed by atoms with E-state index in [9.17, 15) is 4.79 Å². The van der Waals surface area contributed by atoms with E-state index in [1.54, 1.807) is 0 Å². The molecule has 0 saturated heterocycles. The molecule has 1 saturated carbocycles. The highest BCUT2D eigenvalue weighted by molar-refractivity contribution is 5.95. The number of amides is 1. The first-order chi connectivity index (χ1) is 8.65. The highest BCUT2D eigenvalue weighted by Gasteiger charge is 2.32. The zero-order valence-electron chi connectivity index (χ0n) is 10.5. The molecule has 0 spiro atoms. The normalized spacial score (nSPS) is 21.6. The Morgan fingerprint density at radius 2 is 2.22 bits per heavy atom. The Balaban J connectivity index is 1.84. The molecule has 2 aliphatic rings. The highest BCUT2D eigenvalue weighted by Crippen LogP contribution is 2.42. The van der Waals surface area contributed by atoms with Gasteiger partial charge in [-0.2, -0.15) is 0 Å². The van der Waals surface area contributed by atoms with Crippen LogP contribution >= 0.6 is 0 Å². The van der Waals surface area contributed by atoms with Gasteiger partial charge < -0.3 is 15.8 Å². The van der Waals surface area contributed by atoms with E-state index in [1.807, 2.05) is 18.2 Å². The minimum atomic E-state index is -0.108. The minimum Gasteiger partial charge on any atom is -0.482 e. The molecule has 1 amide bonds. The van der Waals surface area contributed by atoms with Gasteiger partial charge >= 0.3 is 0 Å². The molecule has 18 heavy (non-hydrogen) atoms. The molecule has 3 rings (SSSR count). The van der Waals surface area contributed by atoms with E-state index in [2.05, 4.69) is 12.2 Å². The molecule has 4 nitrogen and oxygen atoms in total. The molecule has 0 radical (unpaired) electrons. The van der Waals surface area contributed by atoms with Crippen molar-refractivity contribution in [3.8, 4) is 5.75 Å². The van der Waals surface area contributed by atoms with Crippen LogP contribution in [0.3, 0.4) is 0 Å². The van der Waals surface area contributed by atoms with E-state index < -0.39 is 0 Å². The van der Waals surface area contributed by atoms with Crippen molar-refractivity contribution in [1.82, 2.24) is 0 Å². The Bertz CT molecular complexity index is 483. The third-order valence-corrected chi connectivity index (χ3v) is 3.95. The lowest BCUT2D eigenvalue weighted by Crippen LogP contribution is -2.26. The number of hydrogen-bond acceptors (Lipinski definition) is 3. The van der Waals surface area contributed by atoms with Crippen molar-refractivity contribution < 1.29 is 9.53 Å². The third-order valence-electron chi connectivity index (χ3n) is 3.95. The van der Waals surface area contributed by atoms with Crippen LogP contribution in [0.25, 0.3) is 0 Å². The van der Waals surface area contributed by atoms with Gasteiger partial charge in [0.25, 0.3) is 5.91 Å². The van der Waals surface area contributed by atoms with Crippen LogP contribution in [0.4, 0.5) is 5.69 Å². The van der Waals surface area contributed by atoms with Crippen LogP contribution < -0.4 is 15.8 Å². The van der Waals surface area contributed by atoms with E-state index in [-0.39, 0.29) is 18.6 Å². The third kappa shape index (κ3) is 2.08. The summed E-state index contributed by atoms with van der Waals surface area (Å²) in [5, 5.41) is 2.82. The van der Waals surface area contributed by atoms with Gasteiger partial charge in [0.15, 0.2) is 6.61 Å². The number of ether oxygens (including phenoxy) is 1. The number of nitrogens with one attached hydrogen (secondary N) is 1. The van der Waals surface area contributed by atoms with E-state index in [4.69, 9.17) is 10.5 Å². The van der Waals surface area contributed by atoms with Crippen LogP contribution in [0.15, 0.2) is 18.2 Å². The fraction of sp³-hybridized carbons (Fsp3) is 0.500. The summed E-state index contributed by atoms with van der Waals surface area (Å²) in [6.07, 6.45) is 2.58. The maximum absolute atomic E-state index is 11.3. The number of rotatable bonds is 3. The summed E-state index contributed by atoms with van der Waals surface area (Å²) < 4.78 is 5.34. The van der Waals surface area contributed by atoms with Crippen molar-refractivity contribution in [1.29, 1.82) is 0 Å². The van der Waals surface area contributed by atoms with Gasteiger partial charge in [-0.25, -0.2) is 0 Å². The summed E-state index contributed by atoms with van der Waals surface area (Å²) in [5.41, 5.74) is 8.10. The Morgan fingerprint density at radius 1 is 1.44 bits per heavy atom. The predicted molar refractivity (Wildman–Crippen MR) is 69.4 cm³/mol. The highest BCUT2D eigenvalue weighted by atomic mass is 16.5. The van der Waals surface area contributed by atoms with Gasteiger partial charge in [-0.1, -0.05) is 13.0 Å². The molecule has 1 fully saturated rings. The zero-order chi connectivity index (χ0) is 12.7. The summed E-state index contributed by atoms with van der Waals surface area (Å²) in [4.78, 5) is 11.3. The van der Waals surface area contributed by atoms with Gasteiger partial charge in [-0.05, 0) is 42.4 Å². The standard InChI is InChI=1S/C14H18N2O2/c1-8(9-2-3-9)14(15)10-4-5-12-11(6-10)16-13(17)7-18-12/h4-6,8-9,14H,2-3,7,15H2,1H3,(H,16,17). The van der Waals surface area contributed by atoms with Crippen molar-refractivity contribution in [2.24, 2.45) is 17.6 Å². The first-order valence-electron chi connectivity index (χ1n) is 6.47. The van der Waals surface area contributed by atoms with Gasteiger partial charge in [0.05, 0.1) is 5.69 Å². The number of fused-ring (bicyclic) bond motifs is 1. The number of carbonyl (C=O) groups excluding carboxylic acids is 1. The Labute approximate surface area is 107 Å². The second kappa shape index (κ2) is 4.28. The van der Waals surface area contributed by atoms with Crippen LogP contribution in [0.2, 0.25) is 0 Å². The molecule has 2 atom stereocenters. The maximum Gasteiger partial charge on any atom is 0.262 e. The molecule has 2 unspecified atom stereocenters. The van der Waals surface area contributed by atoms with E-state index in [1.165, 1.54) is 12.8 Å². The molecule has 4 heteroatoms. The van der Waals surface area contributed by atoms with Crippen molar-refractivity contribution in [3.63, 3.8) is 0 Å². The van der Waals surface area contributed by atoms with Crippen LogP contribution in [0, 0.1) is 11.8 Å². The van der Waals surface area contributed by atoms with Crippen molar-refractivity contribution in [3.05, 3.63) is 23.8 Å². The molecule has 1 aromatic rings. The topological polar surface area (TPSA) is 64.3 Å². The van der Waals surface area contributed by atoms with Crippen molar-refractivity contribution in [2.75, 3.05) is 11.9 Å². The van der Waals surface area contributed by atoms with Gasteiger partial charge in [0.2, 0.25) is 0 Å². The average Bonchev–Trinajstić information content (AvgIpc) is 3.20. The zero-order valence-corrected chi connectivity index (χ0v) is 10.5. The quantitative estimate of drug-likeness (QED) is 0.858. The van der Waals surface area contributed by atoms with Gasteiger partial charge in [0.1, 0.15) is 5.75 Å². The summed E-state index contributed by atoms with van der Waals surface area (Å²) in [7, 11) is 0. The lowest BCUT2D eigenvalue weighted by atomic mass is 9.91. The number of nitrogens with two attached hydrogens (primary N) is 1. The number of carbonyl (C=O) groups is 1. The Kier molecular flexibility index (Phi) is 2.74. The molecule has 1 aliphatic carbocycles. The van der Waals surface area contributed by atoms with Gasteiger partial charge in [0, 0.05) is 6.04 Å². The smallest absolute Gasteiger partial charge is 0.262 e. The molecule has 3 N–H and O–H groups in total. The molecule has 1 heterocycles. The lowest BCUT2D eigenvalue weighted by molar-refractivity contribution is -0.118. The Morgan fingerprint density at radius 3 is 2.94 bits per heavy atom. The largest absolute Gasteiger partial charge is 0.482 e. The van der Waals surface area contributed by atoms with E-state index in [0.29, 0.717) is 5.92 Å². The van der Waals surface area contributed by atoms with Crippen LogP contribution in [-0.4, -0.2) is 12.5 Å². The van der Waals surface area contributed by atoms with Crippen LogP contribution in [-0.2, 0) is 4.79 Å². The molecule has 96 valence electrons. The summed E-state index contributed by atoms with van der Waals surface area (Å²) in [6.45, 7) is 2.30. The number of hydrogen-bond donors (Lipinski definition) is 2. The SMILES string of the molecule is CC(C1CC1)C(N)c1ccc2c(c1)NC(=O)CO2. The molecule has 1 aliphatic heterocycles. The van der Waals surface area contributed by atoms with Crippen LogP contribution in [0.1, 0.15) is 31.4 Å². The average molecular weight is 246 g/mol. The first-order valence-corrected chi connectivity index (χ1v) is 6.47. The second-order valence-electron chi connectivity index (χ2n) is 5.31.